The summed E-state index contributed by atoms with van der Waals surface area (Å²) in [4.78, 5) is 30.2. The van der Waals surface area contributed by atoms with Crippen molar-refractivity contribution in [3.05, 3.63) is 40.9 Å². The summed E-state index contributed by atoms with van der Waals surface area (Å²) in [7, 11) is 0. The Morgan fingerprint density at radius 2 is 2.06 bits per heavy atom. The number of aromatic nitrogens is 1. The van der Waals surface area contributed by atoms with E-state index in [1.54, 1.807) is 12.1 Å². The fourth-order valence-corrected chi connectivity index (χ4v) is 2.10. The molecule has 1 aromatic heterocycles. The van der Waals surface area contributed by atoms with Crippen LogP contribution in [0.1, 0.15) is 33.5 Å². The molecule has 2 aliphatic rings. The molecule has 0 bridgehead atoms. The number of pyridine rings is 1. The molecule has 1 aliphatic heterocycles. The van der Waals surface area contributed by atoms with Gasteiger partial charge in [-0.15, -0.1) is 0 Å². The summed E-state index contributed by atoms with van der Waals surface area (Å²) in [6.07, 6.45) is 1.44. The molecule has 1 saturated heterocycles. The topological polar surface area (TPSA) is 50.0 Å². The van der Waals surface area contributed by atoms with Crippen molar-refractivity contribution in [2.75, 3.05) is 6.54 Å². The Balaban J connectivity index is 2.10. The number of allylic oxidation sites excluding steroid dienone is 2. The number of carbonyl (C=O) groups is 2. The van der Waals surface area contributed by atoms with Crippen LogP contribution in [0.15, 0.2) is 23.9 Å². The molecule has 0 spiro atoms. The molecule has 17 heavy (non-hydrogen) atoms. The summed E-state index contributed by atoms with van der Waals surface area (Å²) in [6, 6.07) is 3.78. The predicted molar refractivity (Wildman–Crippen MR) is 61.9 cm³/mol. The number of fused-ring (bicyclic) bond motifs is 1. The number of carbonyl (C=O) groups excluding carboxylic acids is 2. The van der Waals surface area contributed by atoms with Crippen LogP contribution in [0.2, 0.25) is 0 Å². The first-order chi connectivity index (χ1) is 8.08. The summed E-state index contributed by atoms with van der Waals surface area (Å²) in [5.41, 5.74) is 1.96. The van der Waals surface area contributed by atoms with E-state index in [2.05, 4.69) is 4.98 Å². The van der Waals surface area contributed by atoms with Crippen molar-refractivity contribution in [2.45, 2.75) is 19.9 Å². The van der Waals surface area contributed by atoms with Gasteiger partial charge in [-0.1, -0.05) is 0 Å². The second-order valence-corrected chi connectivity index (χ2v) is 4.57. The Hall–Kier alpha value is -1.97. The minimum Gasteiger partial charge on any atom is -0.362 e. The summed E-state index contributed by atoms with van der Waals surface area (Å²) in [5.74, 6) is -0.256. The van der Waals surface area contributed by atoms with Crippen molar-refractivity contribution in [1.29, 1.82) is 0 Å². The molecule has 4 heteroatoms. The molecule has 4 nitrogen and oxygen atoms in total. The highest BCUT2D eigenvalue weighted by atomic mass is 16.1. The first-order valence-corrected chi connectivity index (χ1v) is 5.63. The Bertz CT molecular complexity index is 575. The van der Waals surface area contributed by atoms with Crippen molar-refractivity contribution in [1.82, 2.24) is 9.88 Å². The third-order valence-corrected chi connectivity index (χ3v) is 3.18. The summed E-state index contributed by atoms with van der Waals surface area (Å²) in [5, 5.41) is 0. The zero-order valence-corrected chi connectivity index (χ0v) is 9.73. The zero-order valence-electron chi connectivity index (χ0n) is 9.73. The molecule has 1 aromatic rings. The lowest BCUT2D eigenvalue weighted by molar-refractivity contribution is 0.0964. The maximum Gasteiger partial charge on any atom is 0.228 e. The van der Waals surface area contributed by atoms with Gasteiger partial charge in [-0.2, -0.15) is 0 Å². The third kappa shape index (κ3) is 1.48. The smallest absolute Gasteiger partial charge is 0.228 e. The lowest BCUT2D eigenvalue weighted by atomic mass is 9.97. The summed E-state index contributed by atoms with van der Waals surface area (Å²) >= 11 is 0. The van der Waals surface area contributed by atoms with Gasteiger partial charge < -0.3 is 4.90 Å². The van der Waals surface area contributed by atoms with Gasteiger partial charge in [0.05, 0.1) is 11.3 Å². The largest absolute Gasteiger partial charge is 0.362 e. The number of ketones is 2. The van der Waals surface area contributed by atoms with Crippen LogP contribution in [0, 0.1) is 6.92 Å². The number of rotatable bonds is 1. The highest BCUT2D eigenvalue weighted by Gasteiger charge is 2.38. The van der Waals surface area contributed by atoms with Crippen molar-refractivity contribution in [3.8, 4) is 0 Å². The normalized spacial score (nSPS) is 22.4. The molecule has 0 saturated carbocycles. The van der Waals surface area contributed by atoms with Gasteiger partial charge in [0.25, 0.3) is 0 Å². The van der Waals surface area contributed by atoms with Crippen LogP contribution in [0.25, 0.3) is 0 Å². The molecule has 0 aromatic carbocycles. The minimum atomic E-state index is -0.132. The number of nitrogens with zero attached hydrogens (tertiary/aromatic N) is 2. The van der Waals surface area contributed by atoms with Crippen molar-refractivity contribution >= 4 is 11.6 Å². The van der Waals surface area contributed by atoms with Gasteiger partial charge in [0.2, 0.25) is 5.78 Å². The molecule has 86 valence electrons. The van der Waals surface area contributed by atoms with Crippen LogP contribution in [0.5, 0.6) is 0 Å². The number of aryl methyl sites for hydroxylation is 1. The molecule has 3 rings (SSSR count). The zero-order chi connectivity index (χ0) is 12.2. The molecule has 0 radical (unpaired) electrons. The van der Waals surface area contributed by atoms with Crippen LogP contribution >= 0.6 is 0 Å². The number of hydrogen-bond donors (Lipinski definition) is 0. The van der Waals surface area contributed by atoms with E-state index in [0.717, 1.165) is 12.2 Å². The maximum absolute atomic E-state index is 12.2. The molecule has 1 unspecified atom stereocenters. The van der Waals surface area contributed by atoms with Crippen LogP contribution in [-0.2, 0) is 0 Å². The predicted octanol–water partition coefficient (Wildman–Crippen LogP) is 1.36. The molecule has 2 heterocycles. The van der Waals surface area contributed by atoms with Gasteiger partial charge in [-0.05, 0) is 26.0 Å². The van der Waals surface area contributed by atoms with Crippen LogP contribution in [0.4, 0.5) is 0 Å². The van der Waals surface area contributed by atoms with Crippen molar-refractivity contribution < 1.29 is 9.59 Å². The average molecular weight is 228 g/mol. The van der Waals surface area contributed by atoms with E-state index in [0.29, 0.717) is 23.0 Å². The molecule has 1 aliphatic carbocycles. The van der Waals surface area contributed by atoms with E-state index in [4.69, 9.17) is 0 Å². The Kier molecular flexibility index (Phi) is 1.96. The second-order valence-electron chi connectivity index (χ2n) is 4.57. The first kappa shape index (κ1) is 10.2. The molecule has 1 fully saturated rings. The molecule has 1 atom stereocenters. The van der Waals surface area contributed by atoms with Crippen LogP contribution < -0.4 is 0 Å². The van der Waals surface area contributed by atoms with Crippen LogP contribution in [-0.4, -0.2) is 34.0 Å². The molecular formula is C13H12N2O2. The average Bonchev–Trinajstić information content (AvgIpc) is 3.00. The number of Topliss-reactive ketones (excluding diaryl/α,β-unsaturated/α-hetero) is 1. The van der Waals surface area contributed by atoms with Crippen molar-refractivity contribution in [3.63, 3.8) is 0 Å². The molecule has 0 N–H and O–H groups in total. The summed E-state index contributed by atoms with van der Waals surface area (Å²) in [6.45, 7) is 4.68. The highest BCUT2D eigenvalue weighted by Crippen LogP contribution is 2.30. The maximum atomic E-state index is 12.2. The standard InChI is InChI=1S/C13H12N2O2/c1-7-3-4-9-11(16)5-10(15-6-8(15)2)13(17)12(9)14-7/h3-5,8H,6H2,1-2H3. The molecule has 0 amide bonds. The van der Waals surface area contributed by atoms with Crippen LogP contribution in [0.3, 0.4) is 0 Å². The van der Waals surface area contributed by atoms with Crippen molar-refractivity contribution in [2.24, 2.45) is 0 Å². The highest BCUT2D eigenvalue weighted by molar-refractivity contribution is 6.23. The Morgan fingerprint density at radius 1 is 1.35 bits per heavy atom. The third-order valence-electron chi connectivity index (χ3n) is 3.18. The van der Waals surface area contributed by atoms with Gasteiger partial charge in [0.1, 0.15) is 5.69 Å². The van der Waals surface area contributed by atoms with E-state index >= 15 is 0 Å². The monoisotopic (exact) mass is 228 g/mol. The van der Waals surface area contributed by atoms with Gasteiger partial charge in [-0.3, -0.25) is 9.59 Å². The fourth-order valence-electron chi connectivity index (χ4n) is 2.10. The minimum absolute atomic E-state index is 0.124. The first-order valence-electron chi connectivity index (χ1n) is 5.63. The van der Waals surface area contributed by atoms with E-state index in [1.807, 2.05) is 18.7 Å². The van der Waals surface area contributed by atoms with Gasteiger partial charge in [0, 0.05) is 24.4 Å². The SMILES string of the molecule is Cc1ccc2c(n1)C(=O)C(N1CC1C)=CC2=O. The van der Waals surface area contributed by atoms with Gasteiger partial charge in [0.15, 0.2) is 5.78 Å². The second kappa shape index (κ2) is 3.26. The molecular weight excluding hydrogens is 216 g/mol. The van der Waals surface area contributed by atoms with E-state index in [-0.39, 0.29) is 11.6 Å². The van der Waals surface area contributed by atoms with Gasteiger partial charge >= 0.3 is 0 Å². The quantitative estimate of drug-likeness (QED) is 0.681. The van der Waals surface area contributed by atoms with E-state index in [9.17, 15) is 9.59 Å². The van der Waals surface area contributed by atoms with E-state index in [1.165, 1.54) is 6.08 Å². The summed E-state index contributed by atoms with van der Waals surface area (Å²) < 4.78 is 0. The van der Waals surface area contributed by atoms with Gasteiger partial charge in [-0.25, -0.2) is 4.98 Å². The lowest BCUT2D eigenvalue weighted by Gasteiger charge is -2.15. The Labute approximate surface area is 99.0 Å². The fraction of sp³-hybridized carbons (Fsp3) is 0.308. The Morgan fingerprint density at radius 3 is 2.71 bits per heavy atom. The lowest BCUT2D eigenvalue weighted by Crippen LogP contribution is -2.23. The van der Waals surface area contributed by atoms with E-state index < -0.39 is 0 Å². The number of hydrogen-bond acceptors (Lipinski definition) is 4.